The predicted molar refractivity (Wildman–Crippen MR) is 62.6 cm³/mol. The molecular formula is C10H10N4O2S. The second-order valence-corrected chi connectivity index (χ2v) is 4.12. The molecule has 7 heteroatoms. The summed E-state index contributed by atoms with van der Waals surface area (Å²) in [6.45, 7) is 1.65. The van der Waals surface area contributed by atoms with Crippen molar-refractivity contribution >= 4 is 17.7 Å². The number of carboxylic acid groups (broad SMARTS) is 1. The first-order valence-corrected chi connectivity index (χ1v) is 6.00. The second-order valence-electron chi connectivity index (χ2n) is 3.30. The number of hydrogen-bond acceptors (Lipinski definition) is 5. The van der Waals surface area contributed by atoms with Gasteiger partial charge < -0.3 is 5.11 Å². The summed E-state index contributed by atoms with van der Waals surface area (Å²) in [6, 6.07) is 1.75. The Morgan fingerprint density at radius 1 is 1.47 bits per heavy atom. The summed E-state index contributed by atoms with van der Waals surface area (Å²) in [5, 5.41) is 13.9. The molecule has 2 aromatic heterocycles. The molecule has 1 N–H and O–H groups in total. The van der Waals surface area contributed by atoms with Crippen molar-refractivity contribution in [2.75, 3.05) is 6.26 Å². The minimum atomic E-state index is -0.993. The Labute approximate surface area is 102 Å². The molecule has 0 amide bonds. The molecule has 0 atom stereocenters. The van der Waals surface area contributed by atoms with Gasteiger partial charge in [-0.15, -0.1) is 11.8 Å². The van der Waals surface area contributed by atoms with Crippen LogP contribution in [0.4, 0.5) is 0 Å². The Kier molecular flexibility index (Phi) is 3.10. The summed E-state index contributed by atoms with van der Waals surface area (Å²) in [5.41, 5.74) is 0.635. The lowest BCUT2D eigenvalue weighted by Gasteiger charge is -2.00. The number of aromatic nitrogens is 4. The van der Waals surface area contributed by atoms with Crippen molar-refractivity contribution in [2.45, 2.75) is 11.9 Å². The lowest BCUT2D eigenvalue weighted by Crippen LogP contribution is -1.99. The number of aromatic carboxylic acids is 1. The topological polar surface area (TPSA) is 80.9 Å². The van der Waals surface area contributed by atoms with E-state index in [1.807, 2.05) is 6.26 Å². The molecular weight excluding hydrogens is 240 g/mol. The maximum atomic E-state index is 10.9. The van der Waals surface area contributed by atoms with E-state index in [1.54, 1.807) is 13.0 Å². The smallest absolute Gasteiger partial charge is 0.339 e. The van der Waals surface area contributed by atoms with Crippen LogP contribution in [-0.2, 0) is 0 Å². The van der Waals surface area contributed by atoms with Crippen LogP contribution in [0.3, 0.4) is 0 Å². The number of aryl methyl sites for hydroxylation is 1. The molecule has 0 aromatic carbocycles. The molecule has 2 rings (SSSR count). The largest absolute Gasteiger partial charge is 0.478 e. The summed E-state index contributed by atoms with van der Waals surface area (Å²) < 4.78 is 1.44. The number of carbonyl (C=O) groups is 1. The van der Waals surface area contributed by atoms with Gasteiger partial charge in [0.25, 0.3) is 0 Å². The van der Waals surface area contributed by atoms with E-state index >= 15 is 0 Å². The van der Waals surface area contributed by atoms with Gasteiger partial charge in [0.15, 0.2) is 5.82 Å². The summed E-state index contributed by atoms with van der Waals surface area (Å²) in [6.07, 6.45) is 4.78. The van der Waals surface area contributed by atoms with Gasteiger partial charge in [0.1, 0.15) is 16.9 Å². The number of carboxylic acids is 1. The van der Waals surface area contributed by atoms with Crippen LogP contribution in [0.15, 0.2) is 23.6 Å². The molecule has 0 aliphatic carbocycles. The number of rotatable bonds is 3. The highest BCUT2D eigenvalue weighted by atomic mass is 32.2. The predicted octanol–water partition coefficient (Wildman–Crippen LogP) is 1.39. The molecule has 0 saturated heterocycles. The summed E-state index contributed by atoms with van der Waals surface area (Å²) >= 11 is 1.49. The molecule has 0 fully saturated rings. The molecule has 2 aromatic rings. The number of nitrogens with zero attached hydrogens (tertiary/aromatic N) is 4. The molecule has 0 radical (unpaired) electrons. The highest BCUT2D eigenvalue weighted by molar-refractivity contribution is 7.98. The van der Waals surface area contributed by atoms with E-state index in [0.717, 1.165) is 5.03 Å². The first kappa shape index (κ1) is 11.6. The van der Waals surface area contributed by atoms with Crippen LogP contribution in [0.25, 0.3) is 5.82 Å². The van der Waals surface area contributed by atoms with E-state index in [2.05, 4.69) is 15.1 Å². The van der Waals surface area contributed by atoms with Gasteiger partial charge >= 0.3 is 5.97 Å². The number of hydrogen-bond donors (Lipinski definition) is 1. The lowest BCUT2D eigenvalue weighted by molar-refractivity contribution is 0.0696. The van der Waals surface area contributed by atoms with Crippen LogP contribution in [0.5, 0.6) is 0 Å². The Bertz CT molecular complexity index is 567. The van der Waals surface area contributed by atoms with Crippen molar-refractivity contribution < 1.29 is 9.90 Å². The Balaban J connectivity index is 2.46. The van der Waals surface area contributed by atoms with E-state index < -0.39 is 5.97 Å². The second kappa shape index (κ2) is 4.54. The molecule has 88 valence electrons. The van der Waals surface area contributed by atoms with E-state index in [-0.39, 0.29) is 5.56 Å². The van der Waals surface area contributed by atoms with Gasteiger partial charge in [0.2, 0.25) is 0 Å². The van der Waals surface area contributed by atoms with Gasteiger partial charge in [-0.3, -0.25) is 0 Å². The van der Waals surface area contributed by atoms with Crippen LogP contribution in [-0.4, -0.2) is 37.1 Å². The van der Waals surface area contributed by atoms with E-state index in [1.165, 1.54) is 29.0 Å². The molecule has 0 aliphatic heterocycles. The summed E-state index contributed by atoms with van der Waals surface area (Å²) in [5.74, 6) is -0.437. The first-order chi connectivity index (χ1) is 8.11. The Morgan fingerprint density at radius 3 is 2.82 bits per heavy atom. The third-order valence-electron chi connectivity index (χ3n) is 2.20. The average Bonchev–Trinajstić information content (AvgIpc) is 2.71. The van der Waals surface area contributed by atoms with Gasteiger partial charge in [-0.05, 0) is 13.2 Å². The molecule has 0 bridgehead atoms. The first-order valence-electron chi connectivity index (χ1n) is 4.78. The fourth-order valence-electron chi connectivity index (χ4n) is 1.35. The summed E-state index contributed by atoms with van der Waals surface area (Å²) in [7, 11) is 0. The zero-order valence-electron chi connectivity index (χ0n) is 9.28. The third-order valence-corrected chi connectivity index (χ3v) is 2.84. The van der Waals surface area contributed by atoms with Crippen molar-refractivity contribution in [3.8, 4) is 5.82 Å². The van der Waals surface area contributed by atoms with E-state index in [9.17, 15) is 4.79 Å². The highest BCUT2D eigenvalue weighted by Crippen LogP contribution is 2.15. The van der Waals surface area contributed by atoms with Gasteiger partial charge in [0, 0.05) is 12.3 Å². The van der Waals surface area contributed by atoms with Crippen LogP contribution >= 0.6 is 11.8 Å². The van der Waals surface area contributed by atoms with E-state index in [0.29, 0.717) is 11.5 Å². The van der Waals surface area contributed by atoms with Crippen LogP contribution in [0.2, 0.25) is 0 Å². The van der Waals surface area contributed by atoms with Crippen molar-refractivity contribution in [1.82, 2.24) is 19.7 Å². The van der Waals surface area contributed by atoms with Crippen molar-refractivity contribution in [3.05, 3.63) is 29.8 Å². The van der Waals surface area contributed by atoms with E-state index in [4.69, 9.17) is 5.11 Å². The fourth-order valence-corrected chi connectivity index (χ4v) is 1.73. The minimum absolute atomic E-state index is 0.175. The molecule has 0 spiro atoms. The Morgan fingerprint density at radius 2 is 2.24 bits per heavy atom. The lowest BCUT2D eigenvalue weighted by atomic mass is 10.3. The number of thioether (sulfide) groups is 1. The van der Waals surface area contributed by atoms with Gasteiger partial charge in [-0.2, -0.15) is 5.10 Å². The van der Waals surface area contributed by atoms with Crippen molar-refractivity contribution in [2.24, 2.45) is 0 Å². The minimum Gasteiger partial charge on any atom is -0.478 e. The summed E-state index contributed by atoms with van der Waals surface area (Å²) in [4.78, 5) is 19.0. The molecule has 17 heavy (non-hydrogen) atoms. The van der Waals surface area contributed by atoms with Gasteiger partial charge in [0.05, 0.1) is 5.69 Å². The average molecular weight is 250 g/mol. The van der Waals surface area contributed by atoms with Gasteiger partial charge in [-0.25, -0.2) is 19.4 Å². The SMILES string of the molecule is CSc1cc(-n2cc(C(=O)O)c(C)n2)ncn1. The molecule has 0 unspecified atom stereocenters. The van der Waals surface area contributed by atoms with Gasteiger partial charge in [-0.1, -0.05) is 0 Å². The molecule has 6 nitrogen and oxygen atoms in total. The zero-order chi connectivity index (χ0) is 12.4. The quantitative estimate of drug-likeness (QED) is 0.655. The maximum absolute atomic E-state index is 10.9. The molecule has 0 saturated carbocycles. The zero-order valence-corrected chi connectivity index (χ0v) is 10.1. The third kappa shape index (κ3) is 2.28. The van der Waals surface area contributed by atoms with Crippen molar-refractivity contribution in [3.63, 3.8) is 0 Å². The van der Waals surface area contributed by atoms with Crippen LogP contribution in [0, 0.1) is 6.92 Å². The Hall–Kier alpha value is -1.89. The van der Waals surface area contributed by atoms with Crippen LogP contribution in [0.1, 0.15) is 16.1 Å². The fraction of sp³-hybridized carbons (Fsp3) is 0.200. The molecule has 0 aliphatic rings. The normalized spacial score (nSPS) is 10.5. The van der Waals surface area contributed by atoms with Crippen LogP contribution < -0.4 is 0 Å². The highest BCUT2D eigenvalue weighted by Gasteiger charge is 2.13. The van der Waals surface area contributed by atoms with Crippen molar-refractivity contribution in [1.29, 1.82) is 0 Å². The molecule has 2 heterocycles. The monoisotopic (exact) mass is 250 g/mol. The maximum Gasteiger partial charge on any atom is 0.339 e. The standard InChI is InChI=1S/C10H10N4O2S/c1-6-7(10(15)16)4-14(13-6)8-3-9(17-2)12-5-11-8/h3-5H,1-2H3,(H,15,16).